The summed E-state index contributed by atoms with van der Waals surface area (Å²) >= 11 is 1.67. The van der Waals surface area contributed by atoms with Gasteiger partial charge < -0.3 is 24.5 Å². The number of aromatic carboxylic acids is 1. The lowest BCUT2D eigenvalue weighted by molar-refractivity contribution is 0.0696. The van der Waals surface area contributed by atoms with E-state index in [0.717, 1.165) is 30.2 Å². The molecule has 2 aromatic carbocycles. The highest BCUT2D eigenvalue weighted by atomic mass is 32.2. The lowest BCUT2D eigenvalue weighted by Crippen LogP contribution is -2.41. The molecule has 1 aromatic heterocycles. The number of piperidine rings is 1. The minimum Gasteiger partial charge on any atom is -0.493 e. The number of aromatic nitrogens is 2. The zero-order valence-electron chi connectivity index (χ0n) is 18.7. The van der Waals surface area contributed by atoms with Crippen molar-refractivity contribution in [2.24, 2.45) is 5.92 Å². The van der Waals surface area contributed by atoms with Crippen LogP contribution >= 0.6 is 11.8 Å². The number of hydrogen-bond donors (Lipinski definition) is 2. The van der Waals surface area contributed by atoms with Gasteiger partial charge >= 0.3 is 12.1 Å². The third-order valence-electron chi connectivity index (χ3n) is 5.69. The summed E-state index contributed by atoms with van der Waals surface area (Å²) in [7, 11) is 0. The van der Waals surface area contributed by atoms with Gasteiger partial charge in [-0.3, -0.25) is 0 Å². The Bertz CT molecular complexity index is 1060. The minimum absolute atomic E-state index is 0.234. The van der Waals surface area contributed by atoms with Gasteiger partial charge in [-0.15, -0.1) is 0 Å². The predicted molar refractivity (Wildman–Crippen MR) is 129 cm³/mol. The van der Waals surface area contributed by atoms with Crippen molar-refractivity contribution in [3.05, 3.63) is 72.1 Å². The Morgan fingerprint density at radius 2 is 1.76 bits per heavy atom. The van der Waals surface area contributed by atoms with Gasteiger partial charge in [0.25, 0.3) is 0 Å². The maximum absolute atomic E-state index is 12.5. The maximum Gasteiger partial charge on any atom is 0.415 e. The van der Waals surface area contributed by atoms with Crippen molar-refractivity contribution in [1.29, 1.82) is 0 Å². The summed E-state index contributed by atoms with van der Waals surface area (Å²) < 4.78 is 11.4. The molecule has 9 heteroatoms. The average Bonchev–Trinajstić information content (AvgIpc) is 3.38. The third kappa shape index (κ3) is 6.77. The normalized spacial score (nSPS) is 14.1. The van der Waals surface area contributed by atoms with Crippen molar-refractivity contribution in [2.75, 3.05) is 25.4 Å². The number of imidazole rings is 1. The molecule has 0 atom stereocenters. The molecule has 1 saturated heterocycles. The molecule has 34 heavy (non-hydrogen) atoms. The number of carbonyl (C=O) groups excluding carboxylic acids is 1. The first-order valence-electron chi connectivity index (χ1n) is 11.2. The Morgan fingerprint density at radius 1 is 1.06 bits per heavy atom. The van der Waals surface area contributed by atoms with Crippen LogP contribution in [0.3, 0.4) is 0 Å². The minimum atomic E-state index is -0.957. The van der Waals surface area contributed by atoms with Crippen LogP contribution in [0.2, 0.25) is 0 Å². The summed E-state index contributed by atoms with van der Waals surface area (Å²) in [6, 6.07) is 14.0. The predicted octanol–water partition coefficient (Wildman–Crippen LogP) is 4.73. The molecular formula is C25H27N3O5S. The standard InChI is InChI=1S/C25H27N3O5S/c29-23(30)20-3-7-21(8-4-20)32-17-19-9-14-28(15-10-19)25(31)33-22-5-1-18(2-6-22)11-16-34-24-26-12-13-27-24/h1-8,12-13,19H,9-11,14-17H2,(H,26,27)(H,29,30). The molecule has 3 aromatic rings. The second kappa shape index (κ2) is 11.6. The fourth-order valence-corrected chi connectivity index (χ4v) is 4.49. The molecule has 4 rings (SSSR count). The van der Waals surface area contributed by atoms with Gasteiger partial charge in [-0.25, -0.2) is 14.6 Å². The molecular weight excluding hydrogens is 454 g/mol. The molecule has 0 bridgehead atoms. The van der Waals surface area contributed by atoms with E-state index in [1.54, 1.807) is 35.0 Å². The number of thioether (sulfide) groups is 1. The molecule has 0 saturated carbocycles. The van der Waals surface area contributed by atoms with Gasteiger partial charge in [-0.05, 0) is 67.1 Å². The topological polar surface area (TPSA) is 105 Å². The van der Waals surface area contributed by atoms with Crippen molar-refractivity contribution >= 4 is 23.8 Å². The molecule has 0 spiro atoms. The second-order valence-corrected chi connectivity index (χ2v) is 9.16. The Balaban J connectivity index is 1.16. The quantitative estimate of drug-likeness (QED) is 0.426. The van der Waals surface area contributed by atoms with Crippen molar-refractivity contribution in [1.82, 2.24) is 14.9 Å². The first-order valence-corrected chi connectivity index (χ1v) is 12.2. The van der Waals surface area contributed by atoms with Crippen LogP contribution in [-0.4, -0.2) is 57.5 Å². The highest BCUT2D eigenvalue weighted by molar-refractivity contribution is 7.99. The number of carboxylic acids is 1. The number of nitrogens with zero attached hydrogens (tertiary/aromatic N) is 2. The molecule has 0 radical (unpaired) electrons. The summed E-state index contributed by atoms with van der Waals surface area (Å²) in [4.78, 5) is 32.5. The van der Waals surface area contributed by atoms with Crippen LogP contribution in [0.5, 0.6) is 11.5 Å². The molecule has 8 nitrogen and oxygen atoms in total. The van der Waals surface area contributed by atoms with Gasteiger partial charge in [0.15, 0.2) is 5.16 Å². The molecule has 178 valence electrons. The highest BCUT2D eigenvalue weighted by Crippen LogP contribution is 2.22. The van der Waals surface area contributed by atoms with E-state index in [9.17, 15) is 9.59 Å². The SMILES string of the molecule is O=C(O)c1ccc(OCC2CCN(C(=O)Oc3ccc(CCSc4ncc[nH]4)cc3)CC2)cc1. The fraction of sp³-hybridized carbons (Fsp3) is 0.320. The van der Waals surface area contributed by atoms with E-state index in [2.05, 4.69) is 9.97 Å². The number of amides is 1. The van der Waals surface area contributed by atoms with Crippen LogP contribution < -0.4 is 9.47 Å². The first kappa shape index (κ1) is 23.7. The van der Waals surface area contributed by atoms with Crippen molar-refractivity contribution in [3.63, 3.8) is 0 Å². The molecule has 0 aliphatic carbocycles. The number of rotatable bonds is 9. The summed E-state index contributed by atoms with van der Waals surface area (Å²) in [6.45, 7) is 1.77. The van der Waals surface area contributed by atoms with Gasteiger partial charge in [0.1, 0.15) is 11.5 Å². The lowest BCUT2D eigenvalue weighted by atomic mass is 9.98. The van der Waals surface area contributed by atoms with E-state index in [1.807, 2.05) is 30.5 Å². The number of aryl methyl sites for hydroxylation is 1. The van der Waals surface area contributed by atoms with E-state index >= 15 is 0 Å². The van der Waals surface area contributed by atoms with E-state index in [0.29, 0.717) is 37.1 Å². The van der Waals surface area contributed by atoms with Crippen LogP contribution in [0, 0.1) is 5.92 Å². The number of hydrogen-bond acceptors (Lipinski definition) is 6. The lowest BCUT2D eigenvalue weighted by Gasteiger charge is -2.31. The van der Waals surface area contributed by atoms with E-state index < -0.39 is 5.97 Å². The van der Waals surface area contributed by atoms with Crippen LogP contribution in [-0.2, 0) is 6.42 Å². The second-order valence-electron chi connectivity index (χ2n) is 8.08. The van der Waals surface area contributed by atoms with E-state index in [4.69, 9.17) is 14.6 Å². The van der Waals surface area contributed by atoms with E-state index in [1.165, 1.54) is 17.7 Å². The smallest absolute Gasteiger partial charge is 0.415 e. The Kier molecular flexibility index (Phi) is 8.08. The maximum atomic E-state index is 12.5. The number of likely N-dealkylation sites (tertiary alicyclic amines) is 1. The molecule has 1 aliphatic heterocycles. The number of H-pyrrole nitrogens is 1. The number of carboxylic acid groups (broad SMARTS) is 1. The number of nitrogens with one attached hydrogen (secondary N) is 1. The summed E-state index contributed by atoms with van der Waals surface area (Å²) in [6.07, 6.45) is 5.78. The number of ether oxygens (including phenoxy) is 2. The van der Waals surface area contributed by atoms with Gasteiger partial charge in [0.05, 0.1) is 12.2 Å². The van der Waals surface area contributed by atoms with E-state index in [-0.39, 0.29) is 11.7 Å². The average molecular weight is 482 g/mol. The zero-order chi connectivity index (χ0) is 23.8. The molecule has 2 heterocycles. The van der Waals surface area contributed by atoms with Crippen LogP contribution in [0.15, 0.2) is 66.1 Å². The number of carbonyl (C=O) groups is 2. The highest BCUT2D eigenvalue weighted by Gasteiger charge is 2.24. The third-order valence-corrected chi connectivity index (χ3v) is 6.60. The Labute approximate surface area is 202 Å². The van der Waals surface area contributed by atoms with Crippen molar-refractivity contribution in [3.8, 4) is 11.5 Å². The molecule has 1 fully saturated rings. The van der Waals surface area contributed by atoms with Gasteiger partial charge in [-0.2, -0.15) is 0 Å². The monoisotopic (exact) mass is 481 g/mol. The number of aromatic amines is 1. The number of benzene rings is 2. The molecule has 2 N–H and O–H groups in total. The van der Waals surface area contributed by atoms with Crippen LogP contribution in [0.4, 0.5) is 4.79 Å². The van der Waals surface area contributed by atoms with Gasteiger partial charge in [0, 0.05) is 31.2 Å². The van der Waals surface area contributed by atoms with Crippen LogP contribution in [0.1, 0.15) is 28.8 Å². The van der Waals surface area contributed by atoms with Gasteiger partial charge in [-0.1, -0.05) is 23.9 Å². The largest absolute Gasteiger partial charge is 0.493 e. The van der Waals surface area contributed by atoms with Crippen molar-refractivity contribution < 1.29 is 24.2 Å². The molecule has 1 aliphatic rings. The van der Waals surface area contributed by atoms with Gasteiger partial charge in [0.2, 0.25) is 0 Å². The Hall–Kier alpha value is -3.46. The molecule has 0 unspecified atom stereocenters. The zero-order valence-corrected chi connectivity index (χ0v) is 19.5. The van der Waals surface area contributed by atoms with Crippen LogP contribution in [0.25, 0.3) is 0 Å². The Morgan fingerprint density at radius 3 is 2.41 bits per heavy atom. The summed E-state index contributed by atoms with van der Waals surface area (Å²) in [5, 5.41) is 9.87. The fourth-order valence-electron chi connectivity index (χ4n) is 3.67. The summed E-state index contributed by atoms with van der Waals surface area (Å²) in [5.74, 6) is 1.49. The first-order chi connectivity index (χ1) is 16.6. The van der Waals surface area contributed by atoms with Crippen molar-refractivity contribution in [2.45, 2.75) is 24.4 Å². The molecule has 1 amide bonds. The summed E-state index contributed by atoms with van der Waals surface area (Å²) in [5.41, 5.74) is 1.41.